The van der Waals surface area contributed by atoms with Crippen molar-refractivity contribution in [3.05, 3.63) is 60.1 Å². The molecule has 2 aromatic rings. The van der Waals surface area contributed by atoms with Crippen molar-refractivity contribution in [2.45, 2.75) is 43.8 Å². The summed E-state index contributed by atoms with van der Waals surface area (Å²) in [4.78, 5) is 27.7. The average Bonchev–Trinajstić information content (AvgIpc) is 3.31. The second-order valence-electron chi connectivity index (χ2n) is 7.40. The molecule has 2 fully saturated rings. The smallest absolute Gasteiger partial charge is 0.287 e. The SMILES string of the molecule is Cl.O=C(NC(Cc1ccccc1)C(=O)N1CCC2CCC(C1)N2)c1ccco1. The number of benzene rings is 1. The van der Waals surface area contributed by atoms with Crippen LogP contribution in [0.25, 0.3) is 0 Å². The molecule has 3 unspecified atom stereocenters. The maximum absolute atomic E-state index is 13.3. The first-order chi connectivity index (χ1) is 13.2. The summed E-state index contributed by atoms with van der Waals surface area (Å²) in [5, 5.41) is 6.48. The highest BCUT2D eigenvalue weighted by Gasteiger charge is 2.34. The normalized spacial score (nSPS) is 22.1. The Morgan fingerprint density at radius 2 is 1.89 bits per heavy atom. The van der Waals surface area contributed by atoms with Gasteiger partial charge in [-0.3, -0.25) is 9.59 Å². The summed E-state index contributed by atoms with van der Waals surface area (Å²) in [5.74, 6) is -0.158. The second-order valence-corrected chi connectivity index (χ2v) is 7.40. The van der Waals surface area contributed by atoms with Crippen LogP contribution in [-0.4, -0.2) is 47.9 Å². The molecule has 0 saturated carbocycles. The number of carbonyl (C=O) groups is 2. The zero-order valence-corrected chi connectivity index (χ0v) is 16.5. The minimum atomic E-state index is -0.610. The lowest BCUT2D eigenvalue weighted by molar-refractivity contribution is -0.133. The largest absolute Gasteiger partial charge is 0.459 e. The molecule has 0 spiro atoms. The second kappa shape index (κ2) is 9.26. The van der Waals surface area contributed by atoms with Gasteiger partial charge in [0.15, 0.2) is 5.76 Å². The molecule has 1 aromatic carbocycles. The number of rotatable bonds is 5. The summed E-state index contributed by atoms with van der Waals surface area (Å²) in [6.45, 7) is 1.44. The molecule has 4 rings (SSSR count). The highest BCUT2D eigenvalue weighted by molar-refractivity contribution is 5.95. The fourth-order valence-corrected chi connectivity index (χ4v) is 4.05. The van der Waals surface area contributed by atoms with Gasteiger partial charge in [-0.15, -0.1) is 12.4 Å². The molecule has 6 nitrogen and oxygen atoms in total. The Hall–Kier alpha value is -2.31. The van der Waals surface area contributed by atoms with Crippen molar-refractivity contribution in [1.29, 1.82) is 0 Å². The van der Waals surface area contributed by atoms with Crippen molar-refractivity contribution >= 4 is 24.2 Å². The van der Waals surface area contributed by atoms with Crippen LogP contribution in [0.4, 0.5) is 0 Å². The third kappa shape index (κ3) is 4.75. The van der Waals surface area contributed by atoms with Crippen molar-refractivity contribution in [3.8, 4) is 0 Å². The van der Waals surface area contributed by atoms with E-state index in [0.717, 1.165) is 24.9 Å². The van der Waals surface area contributed by atoms with Crippen LogP contribution in [0.3, 0.4) is 0 Å². The van der Waals surface area contributed by atoms with E-state index in [2.05, 4.69) is 10.6 Å². The summed E-state index contributed by atoms with van der Waals surface area (Å²) < 4.78 is 5.18. The third-order valence-electron chi connectivity index (χ3n) is 5.47. The van der Waals surface area contributed by atoms with Gasteiger partial charge in [0, 0.05) is 31.6 Å². The molecular formula is C21H26ClN3O3. The van der Waals surface area contributed by atoms with Gasteiger partial charge in [-0.2, -0.15) is 0 Å². The quantitative estimate of drug-likeness (QED) is 0.803. The van der Waals surface area contributed by atoms with Gasteiger partial charge in [-0.05, 0) is 37.0 Å². The molecule has 1 aromatic heterocycles. The van der Waals surface area contributed by atoms with Crippen LogP contribution in [0.2, 0.25) is 0 Å². The molecule has 3 heterocycles. The Morgan fingerprint density at radius 1 is 1.11 bits per heavy atom. The van der Waals surface area contributed by atoms with E-state index in [4.69, 9.17) is 4.42 Å². The van der Waals surface area contributed by atoms with E-state index in [1.807, 2.05) is 35.2 Å². The number of carbonyl (C=O) groups excluding carboxylic acids is 2. The van der Waals surface area contributed by atoms with Crippen molar-refractivity contribution in [2.75, 3.05) is 13.1 Å². The molecule has 0 aliphatic carbocycles. The minimum Gasteiger partial charge on any atom is -0.459 e. The standard InChI is InChI=1S/C21H25N3O3.ClH/c25-20(19-7-4-12-27-19)23-18(13-15-5-2-1-3-6-15)21(26)24-11-10-16-8-9-17(14-24)22-16;/h1-7,12,16-18,22H,8-11,13-14H2,(H,23,25);1H. The van der Waals surface area contributed by atoms with E-state index >= 15 is 0 Å². The highest BCUT2D eigenvalue weighted by atomic mass is 35.5. The molecule has 0 radical (unpaired) electrons. The molecule has 7 heteroatoms. The van der Waals surface area contributed by atoms with Crippen LogP contribution >= 0.6 is 12.4 Å². The van der Waals surface area contributed by atoms with Crippen LogP contribution in [0.5, 0.6) is 0 Å². The number of hydrogen-bond acceptors (Lipinski definition) is 4. The zero-order chi connectivity index (χ0) is 18.6. The van der Waals surface area contributed by atoms with Crippen molar-refractivity contribution in [1.82, 2.24) is 15.5 Å². The van der Waals surface area contributed by atoms with Gasteiger partial charge in [0.25, 0.3) is 5.91 Å². The molecule has 28 heavy (non-hydrogen) atoms. The summed E-state index contributed by atoms with van der Waals surface area (Å²) in [6.07, 6.45) is 5.18. The number of nitrogens with zero attached hydrogens (tertiary/aromatic N) is 1. The molecule has 150 valence electrons. The maximum atomic E-state index is 13.3. The number of amides is 2. The Bertz CT molecular complexity index is 781. The number of nitrogens with one attached hydrogen (secondary N) is 2. The summed E-state index contributed by atoms with van der Waals surface area (Å²) in [6, 6.07) is 13.3. The Morgan fingerprint density at radius 3 is 2.64 bits per heavy atom. The van der Waals surface area contributed by atoms with E-state index in [1.54, 1.807) is 12.1 Å². The van der Waals surface area contributed by atoms with Crippen molar-refractivity contribution < 1.29 is 14.0 Å². The van der Waals surface area contributed by atoms with E-state index in [-0.39, 0.29) is 30.0 Å². The monoisotopic (exact) mass is 403 g/mol. The molecule has 2 N–H and O–H groups in total. The lowest BCUT2D eigenvalue weighted by Crippen LogP contribution is -2.51. The van der Waals surface area contributed by atoms with Gasteiger partial charge in [0.2, 0.25) is 5.91 Å². The van der Waals surface area contributed by atoms with Gasteiger partial charge < -0.3 is 20.0 Å². The minimum absolute atomic E-state index is 0. The summed E-state index contributed by atoms with van der Waals surface area (Å²) in [7, 11) is 0. The van der Waals surface area contributed by atoms with Gasteiger partial charge in [0.05, 0.1) is 6.26 Å². The van der Waals surface area contributed by atoms with E-state index in [1.165, 1.54) is 12.7 Å². The fourth-order valence-electron chi connectivity index (χ4n) is 4.05. The predicted molar refractivity (Wildman–Crippen MR) is 108 cm³/mol. The van der Waals surface area contributed by atoms with Crippen molar-refractivity contribution in [3.63, 3.8) is 0 Å². The molecule has 3 atom stereocenters. The lowest BCUT2D eigenvalue weighted by atomic mass is 10.0. The van der Waals surface area contributed by atoms with E-state index in [0.29, 0.717) is 25.0 Å². The molecule has 2 saturated heterocycles. The molecule has 2 aliphatic rings. The molecular weight excluding hydrogens is 378 g/mol. The number of likely N-dealkylation sites (tertiary alicyclic amines) is 1. The fraction of sp³-hybridized carbons (Fsp3) is 0.429. The van der Waals surface area contributed by atoms with Crippen LogP contribution in [0, 0.1) is 0 Å². The van der Waals surface area contributed by atoms with Gasteiger partial charge >= 0.3 is 0 Å². The Kier molecular flexibility index (Phi) is 6.75. The lowest BCUT2D eigenvalue weighted by Gasteiger charge is -2.29. The van der Waals surface area contributed by atoms with Crippen LogP contribution < -0.4 is 10.6 Å². The van der Waals surface area contributed by atoms with Crippen LogP contribution in [0.1, 0.15) is 35.4 Å². The first-order valence-electron chi connectivity index (χ1n) is 9.62. The highest BCUT2D eigenvalue weighted by Crippen LogP contribution is 2.21. The Labute approximate surface area is 171 Å². The molecule has 2 bridgehead atoms. The van der Waals surface area contributed by atoms with Gasteiger partial charge in [-0.25, -0.2) is 0 Å². The zero-order valence-electron chi connectivity index (χ0n) is 15.7. The van der Waals surface area contributed by atoms with Crippen molar-refractivity contribution in [2.24, 2.45) is 0 Å². The van der Waals surface area contributed by atoms with Gasteiger partial charge in [-0.1, -0.05) is 30.3 Å². The number of hydrogen-bond donors (Lipinski definition) is 2. The van der Waals surface area contributed by atoms with Crippen LogP contribution in [-0.2, 0) is 11.2 Å². The molecule has 2 amide bonds. The van der Waals surface area contributed by atoms with E-state index < -0.39 is 6.04 Å². The van der Waals surface area contributed by atoms with Crippen LogP contribution in [0.15, 0.2) is 53.1 Å². The van der Waals surface area contributed by atoms with E-state index in [9.17, 15) is 9.59 Å². The number of halogens is 1. The predicted octanol–water partition coefficient (Wildman–Crippen LogP) is 2.40. The molecule has 2 aliphatic heterocycles. The number of furan rings is 1. The van der Waals surface area contributed by atoms with Gasteiger partial charge in [0.1, 0.15) is 6.04 Å². The average molecular weight is 404 g/mol. The summed E-state index contributed by atoms with van der Waals surface area (Å²) in [5.41, 5.74) is 1.02. The first-order valence-corrected chi connectivity index (χ1v) is 9.62. The Balaban J connectivity index is 0.00000225. The third-order valence-corrected chi connectivity index (χ3v) is 5.47. The maximum Gasteiger partial charge on any atom is 0.287 e. The first kappa shape index (κ1) is 20.4. The summed E-state index contributed by atoms with van der Waals surface area (Å²) >= 11 is 0. The topological polar surface area (TPSA) is 74.6 Å². The number of fused-ring (bicyclic) bond motifs is 2.